The fourth-order valence-corrected chi connectivity index (χ4v) is 5.87. The Morgan fingerprint density at radius 1 is 1.16 bits per heavy atom. The van der Waals surface area contributed by atoms with E-state index >= 15 is 0 Å². The van der Waals surface area contributed by atoms with Gasteiger partial charge in [-0.15, -0.1) is 0 Å². The molecule has 2 amide bonds. The molecule has 9 nitrogen and oxygen atoms in total. The number of alkyl halides is 3. The van der Waals surface area contributed by atoms with Crippen LogP contribution in [0, 0.1) is 18.7 Å². The van der Waals surface area contributed by atoms with Crippen molar-refractivity contribution < 1.29 is 41.7 Å². The fourth-order valence-electron chi connectivity index (χ4n) is 5.87. The molecule has 6 rings (SSSR count). The number of methoxy groups -OCH3 is 1. The molecule has 45 heavy (non-hydrogen) atoms. The Bertz CT molecular complexity index is 1840. The number of aliphatic hydroxyl groups is 1. The number of ether oxygens (including phenoxy) is 2. The summed E-state index contributed by atoms with van der Waals surface area (Å²) in [5, 5.41) is 14.1. The first-order valence-electron chi connectivity index (χ1n) is 14.0. The van der Waals surface area contributed by atoms with E-state index < -0.39 is 47.1 Å². The zero-order chi connectivity index (χ0) is 32.3. The summed E-state index contributed by atoms with van der Waals surface area (Å²) in [6.45, 7) is 0.241. The summed E-state index contributed by atoms with van der Waals surface area (Å²) < 4.78 is 69.5. The van der Waals surface area contributed by atoms with E-state index in [0.29, 0.717) is 23.7 Å². The van der Waals surface area contributed by atoms with Crippen molar-refractivity contribution in [2.75, 3.05) is 20.3 Å². The van der Waals surface area contributed by atoms with Crippen molar-refractivity contribution in [3.63, 3.8) is 0 Å². The van der Waals surface area contributed by atoms with E-state index in [0.717, 1.165) is 23.8 Å². The lowest BCUT2D eigenvalue weighted by atomic mass is 9.76. The second-order valence-corrected chi connectivity index (χ2v) is 11.4. The summed E-state index contributed by atoms with van der Waals surface area (Å²) in [5.41, 5.74) is 1.09. The van der Waals surface area contributed by atoms with E-state index in [4.69, 9.17) is 15.2 Å². The van der Waals surface area contributed by atoms with Crippen LogP contribution in [-0.2, 0) is 15.8 Å². The average molecular weight is 625 g/mol. The summed E-state index contributed by atoms with van der Waals surface area (Å²) >= 11 is 0. The molecule has 2 aromatic carbocycles. The highest BCUT2D eigenvalue weighted by Gasteiger charge is 2.60. The maximum absolute atomic E-state index is 14.8. The number of primary amides is 1. The van der Waals surface area contributed by atoms with Crippen LogP contribution in [-0.4, -0.2) is 53.3 Å². The Morgan fingerprint density at radius 2 is 1.87 bits per heavy atom. The molecule has 1 saturated carbocycles. The smallest absolute Gasteiger partial charge is 0.424 e. The molecule has 0 unspecified atom stereocenters. The quantitative estimate of drug-likeness (QED) is 0.246. The molecule has 0 saturated heterocycles. The van der Waals surface area contributed by atoms with Gasteiger partial charge in [0.15, 0.2) is 0 Å². The summed E-state index contributed by atoms with van der Waals surface area (Å²) in [6.07, 6.45) is -2.55. The maximum atomic E-state index is 14.8. The molecule has 1 aliphatic heterocycles. The van der Waals surface area contributed by atoms with Crippen molar-refractivity contribution in [3.8, 4) is 22.8 Å². The molecule has 2 aromatic heterocycles. The molecule has 3 heterocycles. The number of halogens is 4. The molecule has 0 radical (unpaired) electrons. The molecule has 4 N–H and O–H groups in total. The number of carbonyl (C=O) groups is 2. The van der Waals surface area contributed by atoms with Crippen molar-refractivity contribution in [1.29, 1.82) is 0 Å². The van der Waals surface area contributed by atoms with Crippen molar-refractivity contribution in [1.82, 2.24) is 15.3 Å². The number of aromatic nitrogens is 2. The van der Waals surface area contributed by atoms with Gasteiger partial charge in [-0.2, -0.15) is 13.2 Å². The number of aryl methyl sites for hydroxylation is 1. The van der Waals surface area contributed by atoms with Gasteiger partial charge in [-0.3, -0.25) is 14.6 Å². The Balaban J connectivity index is 1.44. The van der Waals surface area contributed by atoms with Gasteiger partial charge in [-0.1, -0.05) is 0 Å². The number of amides is 2. The van der Waals surface area contributed by atoms with E-state index in [1.165, 1.54) is 31.4 Å². The second-order valence-electron chi connectivity index (χ2n) is 11.4. The van der Waals surface area contributed by atoms with E-state index in [1.54, 1.807) is 19.2 Å². The van der Waals surface area contributed by atoms with E-state index in [1.807, 2.05) is 0 Å². The Kier molecular flexibility index (Phi) is 7.18. The number of pyridine rings is 2. The van der Waals surface area contributed by atoms with Crippen LogP contribution < -0.4 is 20.5 Å². The minimum Gasteiger partial charge on any atom is -0.494 e. The van der Waals surface area contributed by atoms with Gasteiger partial charge in [0.1, 0.15) is 40.5 Å². The number of hydrogen-bond acceptors (Lipinski definition) is 7. The van der Waals surface area contributed by atoms with Crippen molar-refractivity contribution in [2.24, 2.45) is 11.7 Å². The van der Waals surface area contributed by atoms with Gasteiger partial charge >= 0.3 is 6.18 Å². The third-order valence-electron chi connectivity index (χ3n) is 8.49. The van der Waals surface area contributed by atoms with Crippen LogP contribution in [0.5, 0.6) is 11.5 Å². The van der Waals surface area contributed by atoms with Crippen LogP contribution in [0.2, 0.25) is 0 Å². The molecular weight excluding hydrogens is 596 g/mol. The molecule has 1 aliphatic carbocycles. The monoisotopic (exact) mass is 624 g/mol. The third kappa shape index (κ3) is 5.00. The number of nitrogens with zero attached hydrogens (tertiary/aromatic N) is 2. The van der Waals surface area contributed by atoms with Crippen LogP contribution in [0.1, 0.15) is 40.0 Å². The normalized spacial score (nSPS) is 19.0. The highest BCUT2D eigenvalue weighted by Crippen LogP contribution is 2.56. The predicted molar refractivity (Wildman–Crippen MR) is 154 cm³/mol. The molecule has 0 bridgehead atoms. The van der Waals surface area contributed by atoms with Crippen LogP contribution in [0.3, 0.4) is 0 Å². The van der Waals surface area contributed by atoms with Crippen LogP contribution in [0.15, 0.2) is 54.7 Å². The zero-order valence-corrected chi connectivity index (χ0v) is 24.2. The molecule has 4 aromatic rings. The Labute approximate surface area is 254 Å². The molecule has 2 aliphatic rings. The van der Waals surface area contributed by atoms with Gasteiger partial charge in [0, 0.05) is 28.3 Å². The number of nitrogens with one attached hydrogen (secondary N) is 1. The fraction of sp³-hybridized carbons (Fsp3) is 0.312. The molecule has 2 atom stereocenters. The number of rotatable bonds is 8. The minimum atomic E-state index is -5.35. The third-order valence-corrected chi connectivity index (χ3v) is 8.49. The van der Waals surface area contributed by atoms with Gasteiger partial charge in [-0.25, -0.2) is 9.37 Å². The summed E-state index contributed by atoms with van der Waals surface area (Å²) in [4.78, 5) is 34.6. The molecule has 13 heteroatoms. The molecular formula is C32H28F4N4O5. The Morgan fingerprint density at radius 3 is 2.49 bits per heavy atom. The van der Waals surface area contributed by atoms with Gasteiger partial charge in [0.2, 0.25) is 11.5 Å². The highest BCUT2D eigenvalue weighted by molar-refractivity contribution is 6.00. The first-order chi connectivity index (χ1) is 21.3. The van der Waals surface area contributed by atoms with E-state index in [9.17, 15) is 32.3 Å². The van der Waals surface area contributed by atoms with Crippen LogP contribution >= 0.6 is 0 Å². The lowest BCUT2D eigenvalue weighted by Gasteiger charge is -2.32. The predicted octanol–water partition coefficient (Wildman–Crippen LogP) is 4.46. The number of nitrogens with two attached hydrogens (primary N) is 1. The van der Waals surface area contributed by atoms with Gasteiger partial charge in [-0.05, 0) is 79.8 Å². The minimum absolute atomic E-state index is 0.0248. The lowest BCUT2D eigenvalue weighted by molar-refractivity contribution is -0.265. The molecule has 234 valence electrons. The van der Waals surface area contributed by atoms with E-state index in [-0.39, 0.29) is 46.4 Å². The topological polar surface area (TPSA) is 137 Å². The number of hydrogen-bond donors (Lipinski definition) is 3. The first kappa shape index (κ1) is 30.3. The van der Waals surface area contributed by atoms with Crippen LogP contribution in [0.25, 0.3) is 22.2 Å². The number of fused-ring (bicyclic) bond motifs is 2. The number of benzene rings is 2. The first-order valence-corrected chi connectivity index (χ1v) is 14.0. The largest absolute Gasteiger partial charge is 0.494 e. The van der Waals surface area contributed by atoms with Crippen molar-refractivity contribution in [3.05, 3.63) is 82.9 Å². The summed E-state index contributed by atoms with van der Waals surface area (Å²) in [7, 11) is 1.37. The van der Waals surface area contributed by atoms with Gasteiger partial charge < -0.3 is 25.6 Å². The average Bonchev–Trinajstić information content (AvgIpc) is 3.78. The standard InChI is InChI=1S/C32H28F4N4O5/c1-16-9-18-10-19(11-23(44-2)25(18)38-13-16)28(41)39-14-31(43,32(34,35)36)24-12-22-27(26(40-24)17-3-7-21(33)8-4-17)45-15-30(22,29(37)42)20-5-6-20/h3-4,7-13,20,43H,5-6,14-15H2,1-2H3,(H2,37,42)(H,39,41)/t30-,31+/m1/s1. The lowest BCUT2D eigenvalue weighted by Crippen LogP contribution is -2.52. The molecule has 0 spiro atoms. The summed E-state index contributed by atoms with van der Waals surface area (Å²) in [5.74, 6) is -2.33. The number of carbonyl (C=O) groups excluding carboxylic acids is 2. The van der Waals surface area contributed by atoms with Crippen molar-refractivity contribution in [2.45, 2.75) is 37.0 Å². The Hall–Kier alpha value is -4.78. The van der Waals surface area contributed by atoms with Crippen molar-refractivity contribution >= 4 is 22.7 Å². The van der Waals surface area contributed by atoms with Gasteiger partial charge in [0.25, 0.3) is 5.91 Å². The highest BCUT2D eigenvalue weighted by atomic mass is 19.4. The van der Waals surface area contributed by atoms with Gasteiger partial charge in [0.05, 0.1) is 19.3 Å². The molecule has 1 fully saturated rings. The summed E-state index contributed by atoms with van der Waals surface area (Å²) in [6, 6.07) is 10.3. The zero-order valence-electron chi connectivity index (χ0n) is 24.2. The van der Waals surface area contributed by atoms with E-state index in [2.05, 4.69) is 15.3 Å². The maximum Gasteiger partial charge on any atom is 0.424 e. The SMILES string of the molecule is COc1cc(C(=O)NC[C@](O)(c2cc3c(c(-c4ccc(F)cc4)n2)OC[C@@]3(C(N)=O)C2CC2)C(F)(F)F)cc2cc(C)cnc12. The second kappa shape index (κ2) is 10.7. The van der Waals surface area contributed by atoms with Crippen LogP contribution in [0.4, 0.5) is 17.6 Å².